The van der Waals surface area contributed by atoms with Gasteiger partial charge >= 0.3 is 18.9 Å². The van der Waals surface area contributed by atoms with Gasteiger partial charge in [0.1, 0.15) is 18.2 Å². The molecule has 0 aliphatic rings. The Kier molecular flexibility index (Phi) is 3.34. The van der Waals surface area contributed by atoms with E-state index in [9.17, 15) is 0 Å². The van der Waals surface area contributed by atoms with Crippen LogP contribution in [-0.2, 0) is 0 Å². The SMILES string of the molecule is N#Cc1nc2cc(C#N)c(C#N)cc2[nH]1.[H-].[Li+]. The summed E-state index contributed by atoms with van der Waals surface area (Å²) in [6.45, 7) is 0. The van der Waals surface area contributed by atoms with Crippen LogP contribution in [0.15, 0.2) is 12.1 Å². The predicted molar refractivity (Wildman–Crippen MR) is 51.4 cm³/mol. The van der Waals surface area contributed by atoms with Crippen LogP contribution in [0.3, 0.4) is 0 Å². The molecule has 1 aromatic heterocycles. The fraction of sp³-hybridized carbons (Fsp3) is 0. The third-order valence-corrected chi connectivity index (χ3v) is 1.97. The molecule has 70 valence electrons. The van der Waals surface area contributed by atoms with Crippen molar-refractivity contribution in [2.24, 2.45) is 0 Å². The van der Waals surface area contributed by atoms with Crippen LogP contribution < -0.4 is 18.9 Å². The minimum Gasteiger partial charge on any atom is -1.00 e. The number of rotatable bonds is 0. The molecule has 0 unspecified atom stereocenters. The summed E-state index contributed by atoms with van der Waals surface area (Å²) in [4.78, 5) is 6.68. The molecule has 2 aromatic rings. The summed E-state index contributed by atoms with van der Waals surface area (Å²) < 4.78 is 0. The molecule has 0 bridgehead atoms. The Labute approximate surface area is 105 Å². The molecule has 0 radical (unpaired) electrons. The number of aromatic amines is 1. The molecule has 2 rings (SSSR count). The molecule has 1 heterocycles. The van der Waals surface area contributed by atoms with Gasteiger partial charge in [0, 0.05) is 0 Å². The van der Waals surface area contributed by atoms with Gasteiger partial charge in [-0.25, -0.2) is 4.98 Å². The van der Waals surface area contributed by atoms with Gasteiger partial charge in [-0.2, -0.15) is 15.8 Å². The maximum atomic E-state index is 8.77. The summed E-state index contributed by atoms with van der Waals surface area (Å²) in [5.74, 6) is 0.170. The molecule has 0 spiro atoms. The third-order valence-electron chi connectivity index (χ3n) is 1.97. The summed E-state index contributed by atoms with van der Waals surface area (Å²) in [7, 11) is 0. The van der Waals surface area contributed by atoms with E-state index in [1.807, 2.05) is 18.2 Å². The summed E-state index contributed by atoms with van der Waals surface area (Å²) in [5.41, 5.74) is 1.64. The van der Waals surface area contributed by atoms with E-state index in [0.29, 0.717) is 11.0 Å². The van der Waals surface area contributed by atoms with Gasteiger partial charge in [0.25, 0.3) is 0 Å². The van der Waals surface area contributed by atoms with Gasteiger partial charge < -0.3 is 6.41 Å². The number of H-pyrrole nitrogens is 1. The Morgan fingerprint density at radius 1 is 1.06 bits per heavy atom. The summed E-state index contributed by atoms with van der Waals surface area (Å²) >= 11 is 0. The average molecular weight is 201 g/mol. The number of fused-ring (bicyclic) bond motifs is 1. The first-order valence-corrected chi connectivity index (χ1v) is 4.02. The number of hydrogen-bond donors (Lipinski definition) is 1. The predicted octanol–water partition coefficient (Wildman–Crippen LogP) is -1.71. The van der Waals surface area contributed by atoms with Crippen molar-refractivity contribution in [1.82, 2.24) is 9.97 Å². The third kappa shape index (κ3) is 1.77. The van der Waals surface area contributed by atoms with Gasteiger partial charge in [-0.1, -0.05) is 0 Å². The zero-order valence-corrected chi connectivity index (χ0v) is 8.44. The molecule has 1 N–H and O–H groups in total. The maximum absolute atomic E-state index is 8.77. The Morgan fingerprint density at radius 2 is 1.69 bits per heavy atom. The minimum absolute atomic E-state index is 0. The van der Waals surface area contributed by atoms with Gasteiger partial charge in [-0.3, -0.25) is 0 Å². The van der Waals surface area contributed by atoms with Gasteiger partial charge in [-0.15, -0.1) is 0 Å². The molecule has 0 aliphatic heterocycles. The van der Waals surface area contributed by atoms with E-state index >= 15 is 0 Å². The van der Waals surface area contributed by atoms with Crippen LogP contribution in [0, 0.1) is 34.0 Å². The number of nitriles is 3. The normalized spacial score (nSPS) is 8.56. The van der Waals surface area contributed by atoms with Crippen molar-refractivity contribution in [3.8, 4) is 18.2 Å². The molecule has 16 heavy (non-hydrogen) atoms. The first-order chi connectivity index (χ1) is 7.28. The molecular formula is C10H4LiN5. The van der Waals surface area contributed by atoms with Crippen LogP contribution in [0.2, 0.25) is 0 Å². The largest absolute Gasteiger partial charge is 1.00 e. The average Bonchev–Trinajstić information content (AvgIpc) is 2.68. The quantitative estimate of drug-likeness (QED) is 0.513. The number of nitrogens with zero attached hydrogens (tertiary/aromatic N) is 4. The second-order valence-corrected chi connectivity index (χ2v) is 2.84. The van der Waals surface area contributed by atoms with Crippen molar-refractivity contribution in [3.05, 3.63) is 29.1 Å². The van der Waals surface area contributed by atoms with E-state index in [-0.39, 0.29) is 37.2 Å². The van der Waals surface area contributed by atoms with Crippen LogP contribution >= 0.6 is 0 Å². The molecule has 6 heteroatoms. The van der Waals surface area contributed by atoms with E-state index < -0.39 is 0 Å². The standard InChI is InChI=1S/C10H3N5.Li.H/c11-3-6-1-8-9(2-7(6)4-12)15-10(5-13)14-8;;/h1-2H,(H,14,15);;/q;+1;-1. The fourth-order valence-corrected chi connectivity index (χ4v) is 1.29. The van der Waals surface area contributed by atoms with Crippen molar-refractivity contribution >= 4 is 11.0 Å². The van der Waals surface area contributed by atoms with Crippen LogP contribution in [0.1, 0.15) is 18.4 Å². The molecule has 0 fully saturated rings. The van der Waals surface area contributed by atoms with Crippen molar-refractivity contribution in [2.75, 3.05) is 0 Å². The van der Waals surface area contributed by atoms with Crippen molar-refractivity contribution in [1.29, 1.82) is 15.8 Å². The molecule has 0 saturated heterocycles. The zero-order chi connectivity index (χ0) is 10.8. The van der Waals surface area contributed by atoms with Crippen LogP contribution in [0.25, 0.3) is 11.0 Å². The van der Waals surface area contributed by atoms with E-state index in [2.05, 4.69) is 9.97 Å². The molecule has 5 nitrogen and oxygen atoms in total. The first kappa shape index (κ1) is 11.8. The number of nitrogens with one attached hydrogen (secondary N) is 1. The Balaban J connectivity index is 0.00000128. The molecule has 0 aliphatic carbocycles. The monoisotopic (exact) mass is 201 g/mol. The molecule has 0 atom stereocenters. The van der Waals surface area contributed by atoms with E-state index in [1.165, 1.54) is 12.1 Å². The molecule has 0 saturated carbocycles. The molecule has 1 aromatic carbocycles. The van der Waals surface area contributed by atoms with E-state index in [4.69, 9.17) is 15.8 Å². The summed E-state index contributed by atoms with van der Waals surface area (Å²) in [5, 5.41) is 26.2. The summed E-state index contributed by atoms with van der Waals surface area (Å²) in [6.07, 6.45) is 0. The van der Waals surface area contributed by atoms with E-state index in [0.717, 1.165) is 0 Å². The van der Waals surface area contributed by atoms with Gasteiger partial charge in [0.2, 0.25) is 5.82 Å². The molecule has 0 amide bonds. The van der Waals surface area contributed by atoms with Crippen LogP contribution in [0.4, 0.5) is 0 Å². The minimum atomic E-state index is 0. The Bertz CT molecular complexity index is 620. The topological polar surface area (TPSA) is 100 Å². The Morgan fingerprint density at radius 3 is 2.25 bits per heavy atom. The number of benzene rings is 1. The van der Waals surface area contributed by atoms with Crippen LogP contribution in [-0.4, -0.2) is 9.97 Å². The van der Waals surface area contributed by atoms with Crippen molar-refractivity contribution in [3.63, 3.8) is 0 Å². The van der Waals surface area contributed by atoms with Crippen LogP contribution in [0.5, 0.6) is 0 Å². The van der Waals surface area contributed by atoms with Gasteiger partial charge in [0.15, 0.2) is 0 Å². The number of imidazole rings is 1. The van der Waals surface area contributed by atoms with Gasteiger partial charge in [0.05, 0.1) is 22.2 Å². The Hall–Kier alpha value is -2.24. The second-order valence-electron chi connectivity index (χ2n) is 2.84. The smallest absolute Gasteiger partial charge is 1.00 e. The fourth-order valence-electron chi connectivity index (χ4n) is 1.29. The van der Waals surface area contributed by atoms with Crippen molar-refractivity contribution in [2.45, 2.75) is 0 Å². The molecular weight excluding hydrogens is 197 g/mol. The first-order valence-electron chi connectivity index (χ1n) is 4.02. The number of hydrogen-bond acceptors (Lipinski definition) is 4. The maximum Gasteiger partial charge on any atom is 1.00 e. The number of aromatic nitrogens is 2. The van der Waals surface area contributed by atoms with E-state index in [1.54, 1.807) is 0 Å². The van der Waals surface area contributed by atoms with Crippen molar-refractivity contribution < 1.29 is 20.3 Å². The summed E-state index contributed by atoms with van der Waals surface area (Å²) in [6, 6.07) is 8.69. The zero-order valence-electron chi connectivity index (χ0n) is 9.44. The second kappa shape index (κ2) is 4.52. The van der Waals surface area contributed by atoms with Gasteiger partial charge in [-0.05, 0) is 12.1 Å².